The average Bonchev–Trinajstić information content (AvgIpc) is 2.43. The molecule has 21 heavy (non-hydrogen) atoms. The quantitative estimate of drug-likeness (QED) is 0.758. The number of halogens is 2. The highest BCUT2D eigenvalue weighted by atomic mass is 79.9. The van der Waals surface area contributed by atoms with E-state index in [9.17, 15) is 0 Å². The third kappa shape index (κ3) is 5.03. The average molecular weight is 369 g/mol. The largest absolute Gasteiger partial charge is 0.491 e. The first-order valence-electron chi connectivity index (χ1n) is 6.95. The molecule has 0 saturated carbocycles. The molecule has 0 spiro atoms. The molecule has 1 N–H and O–H groups in total. The van der Waals surface area contributed by atoms with Crippen LogP contribution in [0.1, 0.15) is 25.0 Å². The highest BCUT2D eigenvalue weighted by Gasteiger charge is 2.07. The normalized spacial score (nSPS) is 10.9. The Hall–Kier alpha value is -1.03. The van der Waals surface area contributed by atoms with Crippen molar-refractivity contribution in [2.45, 2.75) is 33.0 Å². The molecule has 0 amide bonds. The van der Waals surface area contributed by atoms with E-state index in [1.54, 1.807) is 0 Å². The summed E-state index contributed by atoms with van der Waals surface area (Å²) < 4.78 is 6.89. The van der Waals surface area contributed by atoms with Crippen LogP contribution in [0.2, 0.25) is 5.02 Å². The lowest BCUT2D eigenvalue weighted by Gasteiger charge is -2.15. The van der Waals surface area contributed by atoms with E-state index in [1.165, 1.54) is 0 Å². The minimum absolute atomic E-state index is 0.161. The molecule has 0 heterocycles. The van der Waals surface area contributed by atoms with Gasteiger partial charge in [0.15, 0.2) is 0 Å². The van der Waals surface area contributed by atoms with Crippen LogP contribution in [0.4, 0.5) is 0 Å². The molecule has 0 unspecified atom stereocenters. The minimum atomic E-state index is 0.161. The van der Waals surface area contributed by atoms with Crippen molar-refractivity contribution in [2.24, 2.45) is 0 Å². The van der Waals surface area contributed by atoms with Crippen molar-refractivity contribution in [3.05, 3.63) is 63.1 Å². The Morgan fingerprint density at radius 2 is 1.81 bits per heavy atom. The number of nitrogens with one attached hydrogen (secondary N) is 1. The van der Waals surface area contributed by atoms with Crippen molar-refractivity contribution in [1.82, 2.24) is 5.32 Å². The van der Waals surface area contributed by atoms with Crippen molar-refractivity contribution >= 4 is 27.5 Å². The monoisotopic (exact) mass is 367 g/mol. The summed E-state index contributed by atoms with van der Waals surface area (Å²) in [5, 5.41) is 4.20. The number of ether oxygens (including phenoxy) is 1. The van der Waals surface area contributed by atoms with Gasteiger partial charge in [-0.1, -0.05) is 45.7 Å². The molecule has 0 fully saturated rings. The van der Waals surface area contributed by atoms with Gasteiger partial charge in [-0.25, -0.2) is 0 Å². The highest BCUT2D eigenvalue weighted by Crippen LogP contribution is 2.24. The van der Waals surface area contributed by atoms with Crippen molar-refractivity contribution in [2.75, 3.05) is 0 Å². The van der Waals surface area contributed by atoms with Crippen LogP contribution in [0.15, 0.2) is 46.9 Å². The molecule has 0 aromatic heterocycles. The number of benzene rings is 2. The van der Waals surface area contributed by atoms with Crippen LogP contribution < -0.4 is 10.1 Å². The van der Waals surface area contributed by atoms with E-state index < -0.39 is 0 Å². The maximum Gasteiger partial charge on any atom is 0.124 e. The Morgan fingerprint density at radius 1 is 1.10 bits per heavy atom. The van der Waals surface area contributed by atoms with E-state index in [0.717, 1.165) is 39.5 Å². The van der Waals surface area contributed by atoms with E-state index in [4.69, 9.17) is 16.3 Å². The van der Waals surface area contributed by atoms with E-state index in [2.05, 4.69) is 27.3 Å². The molecule has 0 aliphatic heterocycles. The fourth-order valence-electron chi connectivity index (χ4n) is 2.03. The van der Waals surface area contributed by atoms with Crippen LogP contribution in [-0.2, 0) is 13.1 Å². The maximum atomic E-state index is 6.16. The summed E-state index contributed by atoms with van der Waals surface area (Å²) in [6, 6.07) is 13.9. The topological polar surface area (TPSA) is 21.3 Å². The van der Waals surface area contributed by atoms with E-state index in [1.807, 2.05) is 50.2 Å². The van der Waals surface area contributed by atoms with E-state index in [0.29, 0.717) is 0 Å². The van der Waals surface area contributed by atoms with Gasteiger partial charge in [-0.15, -0.1) is 0 Å². The van der Waals surface area contributed by atoms with Gasteiger partial charge in [-0.05, 0) is 43.7 Å². The second kappa shape index (κ2) is 7.83. The summed E-state index contributed by atoms with van der Waals surface area (Å²) in [5.41, 5.74) is 2.23. The zero-order valence-corrected chi connectivity index (χ0v) is 14.5. The molecule has 112 valence electrons. The summed E-state index contributed by atoms with van der Waals surface area (Å²) >= 11 is 9.67. The summed E-state index contributed by atoms with van der Waals surface area (Å²) in [5.74, 6) is 0.917. The van der Waals surface area contributed by atoms with Gasteiger partial charge in [0.1, 0.15) is 5.75 Å². The van der Waals surface area contributed by atoms with E-state index in [-0.39, 0.29) is 6.10 Å². The molecule has 2 nitrogen and oxygen atoms in total. The molecular weight excluding hydrogens is 350 g/mol. The zero-order chi connectivity index (χ0) is 15.2. The van der Waals surface area contributed by atoms with Gasteiger partial charge >= 0.3 is 0 Å². The first-order chi connectivity index (χ1) is 10.1. The maximum absolute atomic E-state index is 6.16. The number of hydrogen-bond donors (Lipinski definition) is 1. The number of hydrogen-bond acceptors (Lipinski definition) is 2. The molecule has 0 radical (unpaired) electrons. The molecule has 0 atom stereocenters. The summed E-state index contributed by atoms with van der Waals surface area (Å²) in [7, 11) is 0. The third-order valence-corrected chi connectivity index (χ3v) is 3.84. The lowest BCUT2D eigenvalue weighted by atomic mass is 10.2. The lowest BCUT2D eigenvalue weighted by Crippen LogP contribution is -2.15. The van der Waals surface area contributed by atoms with Crippen molar-refractivity contribution < 1.29 is 4.74 Å². The van der Waals surface area contributed by atoms with Crippen LogP contribution in [0.5, 0.6) is 5.75 Å². The van der Waals surface area contributed by atoms with Crippen LogP contribution in [0.25, 0.3) is 0 Å². The Morgan fingerprint density at radius 3 is 2.52 bits per heavy atom. The van der Waals surface area contributed by atoms with Gasteiger partial charge in [0.05, 0.1) is 6.10 Å². The fourth-order valence-corrected chi connectivity index (χ4v) is 2.64. The predicted molar refractivity (Wildman–Crippen MR) is 91.9 cm³/mol. The minimum Gasteiger partial charge on any atom is -0.491 e. The molecule has 0 aliphatic rings. The van der Waals surface area contributed by atoms with E-state index >= 15 is 0 Å². The van der Waals surface area contributed by atoms with Gasteiger partial charge in [0.25, 0.3) is 0 Å². The molecule has 0 aliphatic carbocycles. The fraction of sp³-hybridized carbons (Fsp3) is 0.294. The Balaban J connectivity index is 2.02. The standard InChI is InChI=1S/C17H19BrClNO/c1-12(2)21-17-8-7-15(18)9-14(17)11-20-10-13-5-3-4-6-16(13)19/h3-9,12,20H,10-11H2,1-2H3. The van der Waals surface area contributed by atoms with Gasteiger partial charge in [-0.3, -0.25) is 0 Å². The van der Waals surface area contributed by atoms with Crippen molar-refractivity contribution in [3.63, 3.8) is 0 Å². The smallest absolute Gasteiger partial charge is 0.124 e. The van der Waals surface area contributed by atoms with Gasteiger partial charge in [0.2, 0.25) is 0 Å². The Labute approximate surface area is 139 Å². The second-order valence-electron chi connectivity index (χ2n) is 5.11. The first-order valence-corrected chi connectivity index (χ1v) is 8.12. The van der Waals surface area contributed by atoms with Gasteiger partial charge < -0.3 is 10.1 Å². The highest BCUT2D eigenvalue weighted by molar-refractivity contribution is 9.10. The molecule has 4 heteroatoms. The van der Waals surface area contributed by atoms with Crippen molar-refractivity contribution in [3.8, 4) is 5.75 Å². The second-order valence-corrected chi connectivity index (χ2v) is 6.44. The van der Waals surface area contributed by atoms with Gasteiger partial charge in [0, 0.05) is 28.1 Å². The molecule has 2 rings (SSSR count). The van der Waals surface area contributed by atoms with Gasteiger partial charge in [-0.2, -0.15) is 0 Å². The zero-order valence-electron chi connectivity index (χ0n) is 12.2. The van der Waals surface area contributed by atoms with Crippen LogP contribution in [-0.4, -0.2) is 6.10 Å². The van der Waals surface area contributed by atoms with Crippen molar-refractivity contribution in [1.29, 1.82) is 0 Å². The number of rotatable bonds is 6. The first kappa shape index (κ1) is 16.3. The Bertz CT molecular complexity index is 601. The SMILES string of the molecule is CC(C)Oc1ccc(Br)cc1CNCc1ccccc1Cl. The molecule has 0 saturated heterocycles. The summed E-state index contributed by atoms with van der Waals surface area (Å²) in [6.07, 6.45) is 0.161. The lowest BCUT2D eigenvalue weighted by molar-refractivity contribution is 0.239. The van der Waals surface area contributed by atoms with Crippen LogP contribution >= 0.6 is 27.5 Å². The van der Waals surface area contributed by atoms with Crippen LogP contribution in [0, 0.1) is 0 Å². The third-order valence-electron chi connectivity index (χ3n) is 2.97. The Kier molecular flexibility index (Phi) is 6.09. The summed E-state index contributed by atoms with van der Waals surface area (Å²) in [6.45, 7) is 5.52. The van der Waals surface area contributed by atoms with Crippen LogP contribution in [0.3, 0.4) is 0 Å². The molecule has 2 aromatic rings. The molecular formula is C17H19BrClNO. The molecule has 0 bridgehead atoms. The predicted octanol–water partition coefficient (Wildman–Crippen LogP) is 5.18. The summed E-state index contributed by atoms with van der Waals surface area (Å²) in [4.78, 5) is 0. The molecule has 2 aromatic carbocycles.